The van der Waals surface area contributed by atoms with Crippen LogP contribution < -0.4 is 10.8 Å². The zero-order valence-electron chi connectivity index (χ0n) is 6.39. The molecule has 0 radical (unpaired) electrons. The number of carbonyl (C=O) groups excluding carboxylic acids is 2. The molecule has 9 heteroatoms. The van der Waals surface area contributed by atoms with Crippen LogP contribution in [0.25, 0.3) is 0 Å². The minimum absolute atomic E-state index is 0.296. The van der Waals surface area contributed by atoms with Crippen LogP contribution in [0.5, 0.6) is 0 Å². The van der Waals surface area contributed by atoms with E-state index < -0.39 is 13.9 Å². The molecule has 0 unspecified atom stereocenters. The van der Waals surface area contributed by atoms with Crippen molar-refractivity contribution in [3.8, 4) is 0 Å². The van der Waals surface area contributed by atoms with Crippen molar-refractivity contribution in [3.63, 3.8) is 0 Å². The van der Waals surface area contributed by atoms with Crippen LogP contribution in [-0.4, -0.2) is 25.4 Å². The first kappa shape index (κ1) is 9.82. The second-order valence-electron chi connectivity index (χ2n) is 2.04. The van der Waals surface area contributed by atoms with E-state index in [0.29, 0.717) is 13.2 Å². The third kappa shape index (κ3) is 3.30. The number of hydrogen-bond acceptors (Lipinski definition) is 6. The summed E-state index contributed by atoms with van der Waals surface area (Å²) in [7, 11) is -3.37. The predicted molar refractivity (Wildman–Crippen MR) is 38.7 cm³/mol. The van der Waals surface area contributed by atoms with Crippen molar-refractivity contribution >= 4 is 20.0 Å². The summed E-state index contributed by atoms with van der Waals surface area (Å²) in [5, 5.41) is 2.46. The van der Waals surface area contributed by atoms with Crippen LogP contribution in [0.15, 0.2) is 0 Å². The smallest absolute Gasteiger partial charge is 0.448 e. The number of amides is 1. The molecule has 2 heterocycles. The van der Waals surface area contributed by atoms with Crippen LogP contribution in [0.2, 0.25) is 0 Å². The Balaban J connectivity index is 0.000000132. The molecule has 8 nitrogen and oxygen atoms in total. The highest BCUT2D eigenvalue weighted by molar-refractivity contribution is 7.54. The van der Waals surface area contributed by atoms with E-state index in [2.05, 4.69) is 24.6 Å². The van der Waals surface area contributed by atoms with Crippen molar-refractivity contribution in [1.82, 2.24) is 5.32 Å². The molecule has 0 spiro atoms. The highest BCUT2D eigenvalue weighted by atomic mass is 31.2. The predicted octanol–water partition coefficient (Wildman–Crippen LogP) is -0.0538. The summed E-state index contributed by atoms with van der Waals surface area (Å²) in [5.74, 6) is 0. The van der Waals surface area contributed by atoms with Gasteiger partial charge < -0.3 is 19.1 Å². The van der Waals surface area contributed by atoms with Gasteiger partial charge in [0.2, 0.25) is 0 Å². The lowest BCUT2D eigenvalue weighted by Gasteiger charge is -2.18. The minimum Gasteiger partial charge on any atom is -0.448 e. The molecular weight excluding hydrogens is 203 g/mol. The lowest BCUT2D eigenvalue weighted by molar-refractivity contribution is 0.0991. The first-order valence-electron chi connectivity index (χ1n) is 3.22. The molecule has 2 aliphatic rings. The van der Waals surface area contributed by atoms with Gasteiger partial charge in [0.05, 0.1) is 6.54 Å². The minimum atomic E-state index is -3.37. The first-order valence-corrected chi connectivity index (χ1v) is 4.83. The first-order chi connectivity index (χ1) is 5.99. The highest BCUT2D eigenvalue weighted by Crippen LogP contribution is 2.48. The third-order valence-corrected chi connectivity index (χ3v) is 1.82. The van der Waals surface area contributed by atoms with Crippen LogP contribution in [-0.2, 0) is 18.3 Å². The maximum Gasteiger partial charge on any atom is 0.524 e. The molecule has 0 bridgehead atoms. The summed E-state index contributed by atoms with van der Waals surface area (Å²) >= 11 is 0. The normalized spacial score (nSPS) is 22.2. The number of nitrogens with two attached hydrogens (primary N) is 1. The molecular formula is C4H7N2O6P. The Morgan fingerprint density at radius 2 is 2.00 bits per heavy atom. The summed E-state index contributed by atoms with van der Waals surface area (Å²) in [6.45, 7) is 1.19. The molecule has 0 aromatic heterocycles. The van der Waals surface area contributed by atoms with E-state index in [1.54, 1.807) is 0 Å². The maximum absolute atomic E-state index is 9.99. The second-order valence-corrected chi connectivity index (χ2v) is 3.48. The van der Waals surface area contributed by atoms with Gasteiger partial charge in [-0.05, 0) is 0 Å². The zero-order valence-corrected chi connectivity index (χ0v) is 7.28. The number of alkyl carbamates (subject to hydrolysis) is 1. The van der Waals surface area contributed by atoms with Crippen molar-refractivity contribution in [1.29, 1.82) is 0 Å². The topological polar surface area (TPSA) is 117 Å². The van der Waals surface area contributed by atoms with Crippen LogP contribution in [0.4, 0.5) is 9.59 Å². The van der Waals surface area contributed by atoms with E-state index >= 15 is 0 Å². The van der Waals surface area contributed by atoms with E-state index in [4.69, 9.17) is 0 Å². The standard InChI is InChI=1S/C3H5NO2.CH2NO4P/c5-3-4-1-2-6-3;2-7(4)5-1(3)6-7/h1-2H2,(H,4,5);(H2,2,4). The number of hydrogen-bond donors (Lipinski definition) is 2. The molecule has 2 rings (SSSR count). The largest absolute Gasteiger partial charge is 0.524 e. The van der Waals surface area contributed by atoms with Crippen LogP contribution in [0, 0.1) is 0 Å². The molecule has 0 aromatic carbocycles. The molecule has 0 atom stereocenters. The van der Waals surface area contributed by atoms with Gasteiger partial charge in [-0.15, -0.1) is 0 Å². The van der Waals surface area contributed by atoms with E-state index in [0.717, 1.165) is 0 Å². The SMILES string of the molecule is NP1(=O)OC(=O)O1.O=C1NCCO1. The molecule has 2 saturated heterocycles. The van der Waals surface area contributed by atoms with Crippen LogP contribution in [0.3, 0.4) is 0 Å². The van der Waals surface area contributed by atoms with Crippen molar-refractivity contribution in [3.05, 3.63) is 0 Å². The van der Waals surface area contributed by atoms with Gasteiger partial charge in [0.25, 0.3) is 0 Å². The molecule has 2 fully saturated rings. The maximum atomic E-state index is 9.99. The van der Waals surface area contributed by atoms with E-state index in [1.165, 1.54) is 0 Å². The monoisotopic (exact) mass is 210 g/mol. The Morgan fingerprint density at radius 1 is 1.38 bits per heavy atom. The zero-order chi connectivity index (χ0) is 9.90. The summed E-state index contributed by atoms with van der Waals surface area (Å²) in [6.07, 6.45) is -1.26. The van der Waals surface area contributed by atoms with E-state index in [9.17, 15) is 14.2 Å². The number of rotatable bonds is 0. The highest BCUT2D eigenvalue weighted by Gasteiger charge is 2.40. The van der Waals surface area contributed by atoms with Crippen molar-refractivity contribution < 1.29 is 27.9 Å². The lowest BCUT2D eigenvalue weighted by atomic mass is 10.7. The average Bonchev–Trinajstić information content (AvgIpc) is 2.36. The van der Waals surface area contributed by atoms with Crippen molar-refractivity contribution in [2.45, 2.75) is 0 Å². The fraction of sp³-hybridized carbons (Fsp3) is 0.500. The molecule has 2 aliphatic heterocycles. The number of nitrogens with one attached hydrogen (secondary N) is 1. The van der Waals surface area contributed by atoms with Gasteiger partial charge in [-0.3, -0.25) is 0 Å². The van der Waals surface area contributed by atoms with Gasteiger partial charge in [-0.2, -0.15) is 0 Å². The molecule has 0 saturated carbocycles. The van der Waals surface area contributed by atoms with Gasteiger partial charge in [-0.1, -0.05) is 0 Å². The van der Waals surface area contributed by atoms with Gasteiger partial charge in [-0.25, -0.2) is 19.7 Å². The van der Waals surface area contributed by atoms with E-state index in [1.807, 2.05) is 0 Å². The fourth-order valence-corrected chi connectivity index (χ4v) is 0.992. The summed E-state index contributed by atoms with van der Waals surface area (Å²) in [6, 6.07) is 0. The Bertz CT molecular complexity index is 258. The molecule has 0 aromatic rings. The molecule has 13 heavy (non-hydrogen) atoms. The average molecular weight is 210 g/mol. The van der Waals surface area contributed by atoms with Crippen LogP contribution >= 0.6 is 7.75 Å². The summed E-state index contributed by atoms with van der Waals surface area (Å²) in [4.78, 5) is 19.5. The third-order valence-electron chi connectivity index (χ3n) is 1.01. The Morgan fingerprint density at radius 3 is 2.08 bits per heavy atom. The Labute approximate surface area is 72.9 Å². The van der Waals surface area contributed by atoms with Gasteiger partial charge in [0.1, 0.15) is 6.61 Å². The number of carbonyl (C=O) groups is 2. The Kier molecular flexibility index (Phi) is 2.74. The summed E-state index contributed by atoms with van der Waals surface area (Å²) in [5.41, 5.74) is 4.60. The van der Waals surface area contributed by atoms with Gasteiger partial charge in [0, 0.05) is 0 Å². The van der Waals surface area contributed by atoms with E-state index in [-0.39, 0.29) is 6.09 Å². The molecule has 1 amide bonds. The van der Waals surface area contributed by atoms with Crippen LogP contribution in [0.1, 0.15) is 0 Å². The molecule has 0 aliphatic carbocycles. The van der Waals surface area contributed by atoms with Crippen molar-refractivity contribution in [2.75, 3.05) is 13.2 Å². The van der Waals surface area contributed by atoms with Crippen molar-refractivity contribution in [2.24, 2.45) is 5.50 Å². The van der Waals surface area contributed by atoms with Gasteiger partial charge in [0.15, 0.2) is 0 Å². The second kappa shape index (κ2) is 3.63. The fourth-order valence-electron chi connectivity index (χ4n) is 0.562. The number of ether oxygens (including phenoxy) is 1. The molecule has 74 valence electrons. The number of cyclic esters (lactones) is 1. The lowest BCUT2D eigenvalue weighted by Crippen LogP contribution is -2.21. The summed E-state index contributed by atoms with van der Waals surface area (Å²) < 4.78 is 22.0. The Hall–Kier alpha value is -1.27. The van der Waals surface area contributed by atoms with Gasteiger partial charge >= 0.3 is 20.0 Å². The molecule has 3 N–H and O–H groups in total. The quantitative estimate of drug-likeness (QED) is 0.538.